The van der Waals surface area contributed by atoms with Crippen LogP contribution in [0.25, 0.3) is 6.08 Å². The van der Waals surface area contributed by atoms with Gasteiger partial charge in [0, 0.05) is 19.6 Å². The van der Waals surface area contributed by atoms with Crippen molar-refractivity contribution in [3.8, 4) is 0 Å². The Labute approximate surface area is 97.9 Å². The first-order chi connectivity index (χ1) is 7.86. The van der Waals surface area contributed by atoms with Crippen LogP contribution in [-0.4, -0.2) is 19.5 Å². The molecule has 0 N–H and O–H groups in total. The van der Waals surface area contributed by atoms with Crippen LogP contribution in [-0.2, 0) is 9.47 Å². The van der Waals surface area contributed by atoms with E-state index in [1.54, 1.807) is 0 Å². The Morgan fingerprint density at radius 3 is 2.25 bits per heavy atom. The summed E-state index contributed by atoms with van der Waals surface area (Å²) in [6, 6.07) is 10.2. The maximum Gasteiger partial charge on any atom is 0.160 e. The van der Waals surface area contributed by atoms with Crippen LogP contribution >= 0.6 is 0 Å². The Morgan fingerprint density at radius 1 is 1.06 bits per heavy atom. The number of benzene rings is 1. The molecule has 0 aliphatic carbocycles. The van der Waals surface area contributed by atoms with Crippen LogP contribution in [0.4, 0.5) is 0 Å². The minimum Gasteiger partial charge on any atom is -0.353 e. The van der Waals surface area contributed by atoms with Gasteiger partial charge < -0.3 is 9.47 Å². The maximum atomic E-state index is 5.45. The second kappa shape index (κ2) is 8.08. The highest BCUT2D eigenvalue weighted by Gasteiger charge is 2.03. The summed E-state index contributed by atoms with van der Waals surface area (Å²) in [7, 11) is 0. The van der Waals surface area contributed by atoms with E-state index >= 15 is 0 Å². The second-order valence-corrected chi connectivity index (χ2v) is 3.39. The Kier molecular flexibility index (Phi) is 6.54. The molecule has 0 atom stereocenters. The minimum atomic E-state index is -0.116. The standard InChI is InChI=1S/C14H20O2/c1-3-15-14(16-4-2)12-8-11-13-9-6-5-7-10-13/h5-11,14H,3-4,12H2,1-2H3. The van der Waals surface area contributed by atoms with Gasteiger partial charge in [0.2, 0.25) is 0 Å². The van der Waals surface area contributed by atoms with Gasteiger partial charge in [-0.2, -0.15) is 0 Å². The lowest BCUT2D eigenvalue weighted by atomic mass is 10.2. The van der Waals surface area contributed by atoms with E-state index in [1.807, 2.05) is 32.0 Å². The molecule has 0 saturated heterocycles. The van der Waals surface area contributed by atoms with Gasteiger partial charge in [0.25, 0.3) is 0 Å². The van der Waals surface area contributed by atoms with Gasteiger partial charge >= 0.3 is 0 Å². The van der Waals surface area contributed by atoms with Gasteiger partial charge in [0.1, 0.15) is 0 Å². The highest BCUT2D eigenvalue weighted by Crippen LogP contribution is 2.06. The topological polar surface area (TPSA) is 18.5 Å². The van der Waals surface area contributed by atoms with Crippen LogP contribution in [0.5, 0.6) is 0 Å². The summed E-state index contributed by atoms with van der Waals surface area (Å²) in [5.74, 6) is 0. The van der Waals surface area contributed by atoms with E-state index in [0.717, 1.165) is 6.42 Å². The van der Waals surface area contributed by atoms with Gasteiger partial charge in [0.15, 0.2) is 6.29 Å². The third-order valence-corrected chi connectivity index (χ3v) is 2.14. The van der Waals surface area contributed by atoms with Crippen LogP contribution in [0.15, 0.2) is 36.4 Å². The van der Waals surface area contributed by atoms with Crippen molar-refractivity contribution in [3.05, 3.63) is 42.0 Å². The highest BCUT2D eigenvalue weighted by atomic mass is 16.7. The van der Waals surface area contributed by atoms with Crippen molar-refractivity contribution < 1.29 is 9.47 Å². The van der Waals surface area contributed by atoms with Crippen molar-refractivity contribution in [1.82, 2.24) is 0 Å². The zero-order valence-electron chi connectivity index (χ0n) is 10.1. The Morgan fingerprint density at radius 2 is 1.69 bits per heavy atom. The van der Waals surface area contributed by atoms with E-state index in [1.165, 1.54) is 5.56 Å². The third kappa shape index (κ3) is 5.10. The van der Waals surface area contributed by atoms with Crippen molar-refractivity contribution in [2.45, 2.75) is 26.6 Å². The van der Waals surface area contributed by atoms with Gasteiger partial charge in [-0.05, 0) is 19.4 Å². The van der Waals surface area contributed by atoms with Crippen LogP contribution < -0.4 is 0 Å². The molecule has 0 amide bonds. The normalized spacial score (nSPS) is 11.4. The molecule has 0 aliphatic rings. The first-order valence-corrected chi connectivity index (χ1v) is 5.81. The Bertz CT molecular complexity index is 287. The lowest BCUT2D eigenvalue weighted by molar-refractivity contribution is -0.133. The molecule has 88 valence electrons. The molecular weight excluding hydrogens is 200 g/mol. The zero-order chi connectivity index (χ0) is 11.6. The summed E-state index contributed by atoms with van der Waals surface area (Å²) in [4.78, 5) is 0. The van der Waals surface area contributed by atoms with Gasteiger partial charge in [0.05, 0.1) is 0 Å². The molecule has 16 heavy (non-hydrogen) atoms. The average molecular weight is 220 g/mol. The van der Waals surface area contributed by atoms with E-state index in [4.69, 9.17) is 9.47 Å². The first kappa shape index (κ1) is 12.9. The lowest BCUT2D eigenvalue weighted by Gasteiger charge is -2.14. The highest BCUT2D eigenvalue weighted by molar-refractivity contribution is 5.48. The third-order valence-electron chi connectivity index (χ3n) is 2.14. The number of rotatable bonds is 7. The molecule has 2 heteroatoms. The molecular formula is C14H20O2. The summed E-state index contributed by atoms with van der Waals surface area (Å²) in [5.41, 5.74) is 1.20. The van der Waals surface area contributed by atoms with E-state index in [0.29, 0.717) is 13.2 Å². The van der Waals surface area contributed by atoms with Gasteiger partial charge in [-0.15, -0.1) is 0 Å². The van der Waals surface area contributed by atoms with Crippen molar-refractivity contribution in [2.75, 3.05) is 13.2 Å². The first-order valence-electron chi connectivity index (χ1n) is 5.81. The summed E-state index contributed by atoms with van der Waals surface area (Å²) in [6.45, 7) is 5.33. The fourth-order valence-electron chi connectivity index (χ4n) is 1.44. The molecule has 0 radical (unpaired) electrons. The molecule has 0 saturated carbocycles. The molecule has 2 nitrogen and oxygen atoms in total. The molecule has 1 aromatic rings. The van der Waals surface area contributed by atoms with Crippen molar-refractivity contribution in [3.63, 3.8) is 0 Å². The number of hydrogen-bond acceptors (Lipinski definition) is 2. The van der Waals surface area contributed by atoms with Crippen LogP contribution in [0.2, 0.25) is 0 Å². The van der Waals surface area contributed by atoms with Crippen molar-refractivity contribution >= 4 is 6.08 Å². The fraction of sp³-hybridized carbons (Fsp3) is 0.429. The van der Waals surface area contributed by atoms with Crippen LogP contribution in [0, 0.1) is 0 Å². The molecule has 0 aromatic heterocycles. The number of hydrogen-bond donors (Lipinski definition) is 0. The minimum absolute atomic E-state index is 0.116. The monoisotopic (exact) mass is 220 g/mol. The summed E-state index contributed by atoms with van der Waals surface area (Å²) < 4.78 is 10.9. The largest absolute Gasteiger partial charge is 0.353 e. The zero-order valence-corrected chi connectivity index (χ0v) is 10.1. The molecule has 0 bridgehead atoms. The fourth-order valence-corrected chi connectivity index (χ4v) is 1.44. The maximum absolute atomic E-state index is 5.45. The predicted octanol–water partition coefficient (Wildman–Crippen LogP) is 3.49. The van der Waals surface area contributed by atoms with Crippen molar-refractivity contribution in [1.29, 1.82) is 0 Å². The summed E-state index contributed by atoms with van der Waals surface area (Å²) in [6.07, 6.45) is 4.85. The molecule has 0 heterocycles. The van der Waals surface area contributed by atoms with E-state index in [-0.39, 0.29) is 6.29 Å². The smallest absolute Gasteiger partial charge is 0.160 e. The second-order valence-electron chi connectivity index (χ2n) is 3.39. The average Bonchev–Trinajstić information content (AvgIpc) is 2.31. The molecule has 0 fully saturated rings. The van der Waals surface area contributed by atoms with Gasteiger partial charge in [-0.3, -0.25) is 0 Å². The van der Waals surface area contributed by atoms with Crippen LogP contribution in [0.1, 0.15) is 25.8 Å². The van der Waals surface area contributed by atoms with Crippen molar-refractivity contribution in [2.24, 2.45) is 0 Å². The van der Waals surface area contributed by atoms with E-state index in [9.17, 15) is 0 Å². The van der Waals surface area contributed by atoms with E-state index in [2.05, 4.69) is 24.3 Å². The molecule has 0 spiro atoms. The Hall–Kier alpha value is -1.12. The quantitative estimate of drug-likeness (QED) is 0.655. The molecule has 0 unspecified atom stereocenters. The summed E-state index contributed by atoms with van der Waals surface area (Å²) >= 11 is 0. The summed E-state index contributed by atoms with van der Waals surface area (Å²) in [5, 5.41) is 0. The lowest BCUT2D eigenvalue weighted by Crippen LogP contribution is -2.16. The molecule has 1 rings (SSSR count). The number of ether oxygens (including phenoxy) is 2. The van der Waals surface area contributed by atoms with Crippen LogP contribution in [0.3, 0.4) is 0 Å². The molecule has 1 aromatic carbocycles. The van der Waals surface area contributed by atoms with E-state index < -0.39 is 0 Å². The Balaban J connectivity index is 2.39. The predicted molar refractivity (Wildman–Crippen MR) is 67.1 cm³/mol. The SMILES string of the molecule is CCOC(CC=Cc1ccccc1)OCC. The van der Waals surface area contributed by atoms with Gasteiger partial charge in [-0.25, -0.2) is 0 Å². The van der Waals surface area contributed by atoms with Gasteiger partial charge in [-0.1, -0.05) is 42.5 Å². The molecule has 0 aliphatic heterocycles.